The lowest BCUT2D eigenvalue weighted by Crippen LogP contribution is -2.20. The van der Waals surface area contributed by atoms with Gasteiger partial charge < -0.3 is 5.73 Å². The van der Waals surface area contributed by atoms with Crippen LogP contribution in [0.1, 0.15) is 24.0 Å². The van der Waals surface area contributed by atoms with E-state index in [-0.39, 0.29) is 5.54 Å². The Labute approximate surface area is 70.6 Å². The van der Waals surface area contributed by atoms with Crippen molar-refractivity contribution < 1.29 is 4.39 Å². The van der Waals surface area contributed by atoms with E-state index in [1.54, 1.807) is 6.20 Å². The highest BCUT2D eigenvalue weighted by Crippen LogP contribution is 2.43. The Morgan fingerprint density at radius 1 is 1.58 bits per heavy atom. The third kappa shape index (κ3) is 1.10. The van der Waals surface area contributed by atoms with Crippen molar-refractivity contribution in [1.82, 2.24) is 4.98 Å². The van der Waals surface area contributed by atoms with Crippen LogP contribution in [0.4, 0.5) is 4.39 Å². The smallest absolute Gasteiger partial charge is 0.213 e. The second kappa shape index (κ2) is 2.26. The van der Waals surface area contributed by atoms with Crippen LogP contribution in [0.15, 0.2) is 12.3 Å². The Hall–Kier alpha value is -0.960. The fourth-order valence-corrected chi connectivity index (χ4v) is 1.45. The summed E-state index contributed by atoms with van der Waals surface area (Å²) in [5.74, 6) is -0.430. The second-order valence-electron chi connectivity index (χ2n) is 3.48. The van der Waals surface area contributed by atoms with Gasteiger partial charge in [-0.1, -0.05) is 0 Å². The van der Waals surface area contributed by atoms with Gasteiger partial charge in [-0.2, -0.15) is 4.39 Å². The van der Waals surface area contributed by atoms with Gasteiger partial charge in [0.25, 0.3) is 0 Å². The summed E-state index contributed by atoms with van der Waals surface area (Å²) >= 11 is 0. The van der Waals surface area contributed by atoms with Gasteiger partial charge in [0.15, 0.2) is 0 Å². The number of pyridine rings is 1. The lowest BCUT2D eigenvalue weighted by molar-refractivity contribution is 0.576. The lowest BCUT2D eigenvalue weighted by atomic mass is 10.0. The van der Waals surface area contributed by atoms with E-state index in [4.69, 9.17) is 5.73 Å². The molecule has 64 valence electrons. The molecule has 1 aliphatic carbocycles. The van der Waals surface area contributed by atoms with Crippen molar-refractivity contribution in [2.75, 3.05) is 0 Å². The molecule has 1 fully saturated rings. The summed E-state index contributed by atoms with van der Waals surface area (Å²) < 4.78 is 12.6. The van der Waals surface area contributed by atoms with E-state index < -0.39 is 5.95 Å². The van der Waals surface area contributed by atoms with Gasteiger partial charge in [-0.15, -0.1) is 0 Å². The van der Waals surface area contributed by atoms with Crippen molar-refractivity contribution >= 4 is 0 Å². The Morgan fingerprint density at radius 2 is 2.25 bits per heavy atom. The van der Waals surface area contributed by atoms with Gasteiger partial charge in [0.2, 0.25) is 5.95 Å². The molecular weight excluding hydrogens is 155 g/mol. The summed E-state index contributed by atoms with van der Waals surface area (Å²) in [5, 5.41) is 0. The molecule has 3 heteroatoms. The molecule has 1 aliphatic rings. The first-order valence-corrected chi connectivity index (χ1v) is 4.03. The maximum atomic E-state index is 12.6. The van der Waals surface area contributed by atoms with Crippen molar-refractivity contribution in [2.45, 2.75) is 25.3 Å². The molecule has 0 amide bonds. The van der Waals surface area contributed by atoms with Crippen molar-refractivity contribution in [1.29, 1.82) is 0 Å². The van der Waals surface area contributed by atoms with Crippen LogP contribution in [0.2, 0.25) is 0 Å². The van der Waals surface area contributed by atoms with E-state index in [1.807, 2.05) is 6.92 Å². The molecule has 0 aliphatic heterocycles. The Balaban J connectivity index is 2.45. The number of nitrogens with two attached hydrogens (primary N) is 1. The van der Waals surface area contributed by atoms with Crippen LogP contribution in [0, 0.1) is 12.9 Å². The zero-order valence-corrected chi connectivity index (χ0v) is 6.97. The van der Waals surface area contributed by atoms with E-state index in [0.717, 1.165) is 24.0 Å². The van der Waals surface area contributed by atoms with Gasteiger partial charge in [0.05, 0.1) is 0 Å². The highest BCUT2D eigenvalue weighted by molar-refractivity contribution is 5.33. The molecule has 0 atom stereocenters. The maximum absolute atomic E-state index is 12.6. The van der Waals surface area contributed by atoms with Crippen molar-refractivity contribution in [3.8, 4) is 0 Å². The molecule has 2 nitrogen and oxygen atoms in total. The molecule has 0 aromatic carbocycles. The van der Waals surface area contributed by atoms with Gasteiger partial charge in [-0.05, 0) is 37.0 Å². The molecular formula is C9H11FN2. The molecule has 1 aromatic rings. The standard InChI is InChI=1S/C9H11FN2/c1-6-4-8(10)12-5-7(6)9(11)2-3-9/h4-5H,2-3,11H2,1H3. The summed E-state index contributed by atoms with van der Waals surface area (Å²) in [6.07, 6.45) is 3.53. The predicted octanol–water partition coefficient (Wildman–Crippen LogP) is 1.48. The summed E-state index contributed by atoms with van der Waals surface area (Å²) in [4.78, 5) is 3.60. The molecule has 12 heavy (non-hydrogen) atoms. The minimum absolute atomic E-state index is 0.204. The molecule has 0 bridgehead atoms. The van der Waals surface area contributed by atoms with Crippen LogP contribution < -0.4 is 5.73 Å². The molecule has 2 rings (SSSR count). The van der Waals surface area contributed by atoms with Crippen LogP contribution in [0.5, 0.6) is 0 Å². The van der Waals surface area contributed by atoms with E-state index >= 15 is 0 Å². The predicted molar refractivity (Wildman–Crippen MR) is 44.0 cm³/mol. The first-order chi connectivity index (χ1) is 5.62. The number of hydrogen-bond donors (Lipinski definition) is 1. The monoisotopic (exact) mass is 166 g/mol. The molecule has 2 N–H and O–H groups in total. The van der Waals surface area contributed by atoms with Crippen molar-refractivity contribution in [3.05, 3.63) is 29.3 Å². The van der Waals surface area contributed by atoms with E-state index in [9.17, 15) is 4.39 Å². The molecule has 0 spiro atoms. The van der Waals surface area contributed by atoms with E-state index in [0.29, 0.717) is 0 Å². The molecule has 0 saturated heterocycles. The SMILES string of the molecule is Cc1cc(F)ncc1C1(N)CC1. The third-order valence-corrected chi connectivity index (χ3v) is 2.40. The highest BCUT2D eigenvalue weighted by Gasteiger charge is 2.41. The number of hydrogen-bond acceptors (Lipinski definition) is 2. The lowest BCUT2D eigenvalue weighted by Gasteiger charge is -2.11. The van der Waals surface area contributed by atoms with Crippen LogP contribution in [0.25, 0.3) is 0 Å². The summed E-state index contributed by atoms with van der Waals surface area (Å²) in [5.41, 5.74) is 7.65. The van der Waals surface area contributed by atoms with Crippen LogP contribution in [0.3, 0.4) is 0 Å². The van der Waals surface area contributed by atoms with Gasteiger partial charge in [0, 0.05) is 11.7 Å². The second-order valence-corrected chi connectivity index (χ2v) is 3.48. The van der Waals surface area contributed by atoms with Gasteiger partial charge >= 0.3 is 0 Å². The Kier molecular flexibility index (Phi) is 1.45. The summed E-state index contributed by atoms with van der Waals surface area (Å²) in [6.45, 7) is 1.87. The fraction of sp³-hybridized carbons (Fsp3) is 0.444. The average Bonchev–Trinajstić information content (AvgIpc) is 2.68. The Bertz CT molecular complexity index is 318. The molecule has 1 saturated carbocycles. The quantitative estimate of drug-likeness (QED) is 0.642. The number of rotatable bonds is 1. The minimum atomic E-state index is -0.430. The van der Waals surface area contributed by atoms with E-state index in [1.165, 1.54) is 6.07 Å². The average molecular weight is 166 g/mol. The Morgan fingerprint density at radius 3 is 2.75 bits per heavy atom. The fourth-order valence-electron chi connectivity index (χ4n) is 1.45. The van der Waals surface area contributed by atoms with Crippen LogP contribution in [-0.2, 0) is 5.54 Å². The first kappa shape index (κ1) is 7.68. The number of nitrogens with zero attached hydrogens (tertiary/aromatic N) is 1. The van der Waals surface area contributed by atoms with Crippen molar-refractivity contribution in [3.63, 3.8) is 0 Å². The number of aryl methyl sites for hydroxylation is 1. The zero-order chi connectivity index (χ0) is 8.77. The van der Waals surface area contributed by atoms with Gasteiger partial charge in [-0.3, -0.25) is 0 Å². The number of aromatic nitrogens is 1. The molecule has 1 aromatic heterocycles. The third-order valence-electron chi connectivity index (χ3n) is 2.40. The van der Waals surface area contributed by atoms with Crippen LogP contribution in [-0.4, -0.2) is 4.98 Å². The molecule has 0 radical (unpaired) electrons. The van der Waals surface area contributed by atoms with Crippen molar-refractivity contribution in [2.24, 2.45) is 5.73 Å². The minimum Gasteiger partial charge on any atom is -0.321 e. The zero-order valence-electron chi connectivity index (χ0n) is 6.97. The highest BCUT2D eigenvalue weighted by atomic mass is 19.1. The van der Waals surface area contributed by atoms with Crippen LogP contribution >= 0.6 is 0 Å². The largest absolute Gasteiger partial charge is 0.321 e. The molecule has 1 heterocycles. The summed E-state index contributed by atoms with van der Waals surface area (Å²) in [6, 6.07) is 1.43. The van der Waals surface area contributed by atoms with E-state index in [2.05, 4.69) is 4.98 Å². The maximum Gasteiger partial charge on any atom is 0.213 e. The topological polar surface area (TPSA) is 38.9 Å². The van der Waals surface area contributed by atoms with Gasteiger partial charge in [0.1, 0.15) is 0 Å². The van der Waals surface area contributed by atoms with Gasteiger partial charge in [-0.25, -0.2) is 4.98 Å². The molecule has 0 unspecified atom stereocenters. The summed E-state index contributed by atoms with van der Waals surface area (Å²) in [7, 11) is 0. The number of halogens is 1. The normalized spacial score (nSPS) is 19.2. The first-order valence-electron chi connectivity index (χ1n) is 4.03.